The topological polar surface area (TPSA) is 28.4 Å². The Kier molecular flexibility index (Phi) is 5.56. The lowest BCUT2D eigenvalue weighted by Gasteiger charge is -2.12. The maximum absolute atomic E-state index is 5.75. The molecule has 3 heteroatoms. The second kappa shape index (κ2) is 6.71. The maximum Gasteiger partial charge on any atom is 0.118 e. The first kappa shape index (κ1) is 13.3. The van der Waals surface area contributed by atoms with Crippen molar-refractivity contribution in [1.82, 2.24) is 10.2 Å². The van der Waals surface area contributed by atoms with E-state index in [1.807, 2.05) is 6.92 Å². The lowest BCUT2D eigenvalue weighted by molar-refractivity contribution is 0.293. The smallest absolute Gasteiger partial charge is 0.118 e. The second-order valence-corrected chi connectivity index (χ2v) is 4.31. The van der Waals surface area contributed by atoms with Crippen LogP contribution in [-0.2, 0) is 13.1 Å². The highest BCUT2D eigenvalue weighted by atomic mass is 16.3. The lowest BCUT2D eigenvalue weighted by atomic mass is 10.2. The first-order chi connectivity index (χ1) is 7.67. The van der Waals surface area contributed by atoms with E-state index in [-0.39, 0.29) is 0 Å². The minimum atomic E-state index is 0.904. The van der Waals surface area contributed by atoms with Gasteiger partial charge in [0, 0.05) is 12.1 Å². The van der Waals surface area contributed by atoms with Crippen LogP contribution < -0.4 is 5.32 Å². The average Bonchev–Trinajstić information content (AvgIpc) is 2.56. The van der Waals surface area contributed by atoms with Crippen LogP contribution in [-0.4, -0.2) is 25.0 Å². The molecule has 16 heavy (non-hydrogen) atoms. The number of nitrogens with one attached hydrogen (secondary N) is 1. The summed E-state index contributed by atoms with van der Waals surface area (Å²) in [6.07, 6.45) is 1.18. The van der Waals surface area contributed by atoms with Crippen molar-refractivity contribution in [3.05, 3.63) is 23.2 Å². The van der Waals surface area contributed by atoms with Gasteiger partial charge in [0.1, 0.15) is 11.5 Å². The predicted octanol–water partition coefficient (Wildman–Crippen LogP) is 2.54. The van der Waals surface area contributed by atoms with Gasteiger partial charge in [0.25, 0.3) is 0 Å². The third-order valence-electron chi connectivity index (χ3n) is 2.67. The molecule has 0 spiro atoms. The third kappa shape index (κ3) is 3.99. The van der Waals surface area contributed by atoms with Crippen molar-refractivity contribution in [1.29, 1.82) is 0 Å². The van der Waals surface area contributed by atoms with Crippen molar-refractivity contribution in [2.75, 3.05) is 20.1 Å². The van der Waals surface area contributed by atoms with Gasteiger partial charge in [-0.2, -0.15) is 0 Å². The zero-order valence-corrected chi connectivity index (χ0v) is 11.0. The van der Waals surface area contributed by atoms with E-state index in [0.29, 0.717) is 0 Å². The van der Waals surface area contributed by atoms with Crippen LogP contribution in [0.2, 0.25) is 0 Å². The number of furan rings is 1. The molecule has 1 rings (SSSR count). The van der Waals surface area contributed by atoms with Crippen molar-refractivity contribution < 1.29 is 4.42 Å². The molecule has 3 nitrogen and oxygen atoms in total. The highest BCUT2D eigenvalue weighted by Gasteiger charge is 2.08. The monoisotopic (exact) mass is 224 g/mol. The number of hydrogen-bond acceptors (Lipinski definition) is 3. The predicted molar refractivity (Wildman–Crippen MR) is 67.5 cm³/mol. The Morgan fingerprint density at radius 2 is 2.12 bits per heavy atom. The first-order valence-electron chi connectivity index (χ1n) is 6.14. The van der Waals surface area contributed by atoms with Crippen LogP contribution >= 0.6 is 0 Å². The Morgan fingerprint density at radius 3 is 2.75 bits per heavy atom. The van der Waals surface area contributed by atoms with Crippen LogP contribution in [0.5, 0.6) is 0 Å². The van der Waals surface area contributed by atoms with Gasteiger partial charge >= 0.3 is 0 Å². The Morgan fingerprint density at radius 1 is 1.38 bits per heavy atom. The number of rotatable bonds is 7. The molecule has 0 aliphatic heterocycles. The summed E-state index contributed by atoms with van der Waals surface area (Å²) in [4.78, 5) is 2.29. The molecule has 0 bridgehead atoms. The van der Waals surface area contributed by atoms with Gasteiger partial charge in [-0.3, -0.25) is 4.90 Å². The normalized spacial score (nSPS) is 11.3. The van der Waals surface area contributed by atoms with Gasteiger partial charge in [0.15, 0.2) is 0 Å². The average molecular weight is 224 g/mol. The zero-order valence-electron chi connectivity index (χ0n) is 11.0. The fraction of sp³-hybridized carbons (Fsp3) is 0.692. The first-order valence-corrected chi connectivity index (χ1v) is 6.14. The highest BCUT2D eigenvalue weighted by Crippen LogP contribution is 2.15. The van der Waals surface area contributed by atoms with Gasteiger partial charge in [-0.05, 0) is 39.5 Å². The molecule has 1 aromatic rings. The van der Waals surface area contributed by atoms with Gasteiger partial charge in [0.05, 0.1) is 6.54 Å². The molecule has 1 aromatic heterocycles. The van der Waals surface area contributed by atoms with Crippen molar-refractivity contribution >= 4 is 0 Å². The van der Waals surface area contributed by atoms with E-state index in [0.717, 1.165) is 37.7 Å². The minimum Gasteiger partial charge on any atom is -0.465 e. The third-order valence-corrected chi connectivity index (χ3v) is 2.67. The van der Waals surface area contributed by atoms with Gasteiger partial charge in [-0.1, -0.05) is 13.8 Å². The molecule has 0 radical (unpaired) electrons. The molecule has 0 saturated carbocycles. The summed E-state index contributed by atoms with van der Waals surface area (Å²) in [5.74, 6) is 2.11. The maximum atomic E-state index is 5.75. The van der Waals surface area contributed by atoms with Crippen molar-refractivity contribution in [3.8, 4) is 0 Å². The molecule has 0 amide bonds. The molecule has 0 atom stereocenters. The van der Waals surface area contributed by atoms with E-state index in [2.05, 4.69) is 37.2 Å². The SMILES string of the molecule is CCCN(C)Cc1cc(CNCC)c(C)o1. The summed E-state index contributed by atoms with van der Waals surface area (Å²) in [5.41, 5.74) is 1.28. The van der Waals surface area contributed by atoms with Gasteiger partial charge in [0.2, 0.25) is 0 Å². The molecule has 92 valence electrons. The molecule has 0 aromatic carbocycles. The van der Waals surface area contributed by atoms with Gasteiger partial charge in [-0.25, -0.2) is 0 Å². The minimum absolute atomic E-state index is 0.904. The Hall–Kier alpha value is -0.800. The fourth-order valence-electron chi connectivity index (χ4n) is 1.83. The molecule has 0 aliphatic rings. The largest absolute Gasteiger partial charge is 0.465 e. The van der Waals surface area contributed by atoms with Gasteiger partial charge < -0.3 is 9.73 Å². The van der Waals surface area contributed by atoms with Crippen LogP contribution in [0.1, 0.15) is 37.4 Å². The van der Waals surface area contributed by atoms with Crippen molar-refractivity contribution in [3.63, 3.8) is 0 Å². The molecular formula is C13H24N2O. The fourth-order valence-corrected chi connectivity index (χ4v) is 1.83. The molecule has 0 fully saturated rings. The summed E-state index contributed by atoms with van der Waals surface area (Å²) in [7, 11) is 2.13. The summed E-state index contributed by atoms with van der Waals surface area (Å²) >= 11 is 0. The Bertz CT molecular complexity index is 307. The molecule has 1 N–H and O–H groups in total. The molecule has 1 heterocycles. The molecule has 0 unspecified atom stereocenters. The van der Waals surface area contributed by atoms with E-state index >= 15 is 0 Å². The van der Waals surface area contributed by atoms with Crippen LogP contribution in [0.4, 0.5) is 0 Å². The number of hydrogen-bond donors (Lipinski definition) is 1. The second-order valence-electron chi connectivity index (χ2n) is 4.31. The van der Waals surface area contributed by atoms with Crippen molar-refractivity contribution in [2.24, 2.45) is 0 Å². The zero-order chi connectivity index (χ0) is 12.0. The van der Waals surface area contributed by atoms with E-state index < -0.39 is 0 Å². The van der Waals surface area contributed by atoms with Gasteiger partial charge in [-0.15, -0.1) is 0 Å². The van der Waals surface area contributed by atoms with Crippen LogP contribution in [0.3, 0.4) is 0 Å². The van der Waals surface area contributed by atoms with Crippen molar-refractivity contribution in [2.45, 2.75) is 40.3 Å². The summed E-state index contributed by atoms with van der Waals surface area (Å²) < 4.78 is 5.75. The lowest BCUT2D eigenvalue weighted by Crippen LogP contribution is -2.18. The van der Waals surface area contributed by atoms with E-state index in [4.69, 9.17) is 4.42 Å². The van der Waals surface area contributed by atoms with E-state index in [1.54, 1.807) is 0 Å². The Labute approximate surface area is 98.8 Å². The van der Waals surface area contributed by atoms with E-state index in [9.17, 15) is 0 Å². The van der Waals surface area contributed by atoms with Crippen LogP contribution in [0.25, 0.3) is 0 Å². The molecule has 0 saturated heterocycles. The standard InChI is InChI=1S/C13H24N2O/c1-5-7-15(4)10-13-8-12(9-14-6-2)11(3)16-13/h8,14H,5-7,9-10H2,1-4H3. The number of nitrogens with zero attached hydrogens (tertiary/aromatic N) is 1. The highest BCUT2D eigenvalue weighted by molar-refractivity contribution is 5.20. The quantitative estimate of drug-likeness (QED) is 0.771. The molecule has 0 aliphatic carbocycles. The number of aryl methyl sites for hydroxylation is 1. The van der Waals surface area contributed by atoms with Crippen LogP contribution in [0.15, 0.2) is 10.5 Å². The molecular weight excluding hydrogens is 200 g/mol. The summed E-state index contributed by atoms with van der Waals surface area (Å²) in [5, 5.41) is 3.32. The Balaban J connectivity index is 2.54. The van der Waals surface area contributed by atoms with Crippen LogP contribution in [0, 0.1) is 6.92 Å². The summed E-state index contributed by atoms with van der Waals surface area (Å²) in [6, 6.07) is 2.17. The summed E-state index contributed by atoms with van der Waals surface area (Å²) in [6.45, 7) is 10.3. The van der Waals surface area contributed by atoms with E-state index in [1.165, 1.54) is 12.0 Å².